The summed E-state index contributed by atoms with van der Waals surface area (Å²) in [5.41, 5.74) is 1.06. The van der Waals surface area contributed by atoms with Gasteiger partial charge in [0.2, 0.25) is 11.8 Å². The van der Waals surface area contributed by atoms with Crippen LogP contribution in [0.3, 0.4) is 0 Å². The van der Waals surface area contributed by atoms with Crippen molar-refractivity contribution in [3.8, 4) is 0 Å². The van der Waals surface area contributed by atoms with Gasteiger partial charge < -0.3 is 10.1 Å². The Morgan fingerprint density at radius 3 is 2.66 bits per heavy atom. The molecule has 160 valence electrons. The first-order valence-electron chi connectivity index (χ1n) is 10.8. The van der Waals surface area contributed by atoms with Gasteiger partial charge in [0.25, 0.3) is 0 Å². The molecular weight excluding hydrogens is 376 g/mol. The lowest BCUT2D eigenvalue weighted by atomic mass is 9.95. The number of carbonyl (C=O) groups excluding carboxylic acids is 1. The number of carbonyl (C=O) groups is 1. The van der Waals surface area contributed by atoms with Gasteiger partial charge in [0.15, 0.2) is 0 Å². The van der Waals surface area contributed by atoms with Crippen LogP contribution in [0.25, 0.3) is 0 Å². The number of rotatable bonds is 4. The zero-order valence-electron chi connectivity index (χ0n) is 16.9. The molecule has 1 aromatic carbocycles. The Hall–Kier alpha value is -1.57. The van der Waals surface area contributed by atoms with E-state index in [1.54, 1.807) is 0 Å². The Morgan fingerprint density at radius 2 is 1.90 bits per heavy atom. The number of alkyl halides is 2. The first-order chi connectivity index (χ1) is 14.0. The fourth-order valence-corrected chi connectivity index (χ4v) is 5.05. The minimum absolute atomic E-state index is 0.0206. The molecule has 29 heavy (non-hydrogen) atoms. The normalized spacial score (nSPS) is 31.8. The number of morpholine rings is 1. The Bertz CT molecular complexity index is 682. The predicted octanol–water partition coefficient (Wildman–Crippen LogP) is 2.66. The lowest BCUT2D eigenvalue weighted by Crippen LogP contribution is -2.60. The van der Waals surface area contributed by atoms with Crippen LogP contribution in [0.2, 0.25) is 0 Å². The van der Waals surface area contributed by atoms with Crippen LogP contribution in [0, 0.1) is 0 Å². The minimum Gasteiger partial charge on any atom is -0.379 e. The molecule has 5 nitrogen and oxygen atoms in total. The number of nitrogens with one attached hydrogen (secondary N) is 1. The van der Waals surface area contributed by atoms with Crippen LogP contribution in [0.5, 0.6) is 0 Å². The summed E-state index contributed by atoms with van der Waals surface area (Å²) >= 11 is 0. The lowest BCUT2D eigenvalue weighted by molar-refractivity contribution is -0.129. The smallest absolute Gasteiger partial charge is 0.249 e. The number of halogens is 2. The number of piperidine rings is 1. The Morgan fingerprint density at radius 1 is 1.14 bits per heavy atom. The quantitative estimate of drug-likeness (QED) is 0.834. The van der Waals surface area contributed by atoms with E-state index in [1.165, 1.54) is 0 Å². The van der Waals surface area contributed by atoms with Crippen LogP contribution in [0.4, 0.5) is 8.78 Å². The predicted molar refractivity (Wildman–Crippen MR) is 107 cm³/mol. The average Bonchev–Trinajstić information content (AvgIpc) is 2.86. The highest BCUT2D eigenvalue weighted by Crippen LogP contribution is 2.34. The standard InChI is InChI=1S/C22H31F2N3O2/c23-22(24)7-4-8-27(19(16-22)13-17-5-2-1-3-6-17)20-14-18(15-21(28)25-20)26-9-11-29-12-10-26/h1-3,5-6,18-20H,4,7-16H2,(H,25,28)/t18?,19-,20?/m0/s1. The molecule has 3 aliphatic heterocycles. The number of nitrogens with zero attached hydrogens (tertiary/aromatic N) is 2. The Labute approximate surface area is 171 Å². The minimum atomic E-state index is -2.66. The highest BCUT2D eigenvalue weighted by molar-refractivity contribution is 5.77. The topological polar surface area (TPSA) is 44.8 Å². The summed E-state index contributed by atoms with van der Waals surface area (Å²) in [7, 11) is 0. The molecule has 0 saturated carbocycles. The molecule has 4 rings (SSSR count). The summed E-state index contributed by atoms with van der Waals surface area (Å²) < 4.78 is 34.4. The molecule has 0 radical (unpaired) electrons. The van der Waals surface area contributed by atoms with Crippen molar-refractivity contribution in [2.45, 2.75) is 62.7 Å². The van der Waals surface area contributed by atoms with E-state index in [1.807, 2.05) is 30.3 Å². The second-order valence-electron chi connectivity index (χ2n) is 8.57. The summed E-state index contributed by atoms with van der Waals surface area (Å²) in [5, 5.41) is 3.11. The van der Waals surface area contributed by atoms with Gasteiger partial charge in [-0.2, -0.15) is 0 Å². The van der Waals surface area contributed by atoms with Gasteiger partial charge in [-0.3, -0.25) is 14.6 Å². The fourth-order valence-electron chi connectivity index (χ4n) is 5.05. The second kappa shape index (κ2) is 9.06. The number of likely N-dealkylation sites (tertiary alicyclic amines) is 1. The number of ether oxygens (including phenoxy) is 1. The van der Waals surface area contributed by atoms with Gasteiger partial charge in [0.05, 0.1) is 19.4 Å². The van der Waals surface area contributed by atoms with Gasteiger partial charge in [0, 0.05) is 51.0 Å². The molecule has 1 aromatic rings. The van der Waals surface area contributed by atoms with Gasteiger partial charge in [-0.05, 0) is 24.8 Å². The van der Waals surface area contributed by atoms with Gasteiger partial charge in [-0.15, -0.1) is 0 Å². The zero-order valence-corrected chi connectivity index (χ0v) is 16.9. The molecule has 0 bridgehead atoms. The van der Waals surface area contributed by atoms with Crippen LogP contribution in [0.1, 0.15) is 37.7 Å². The van der Waals surface area contributed by atoms with Crippen molar-refractivity contribution < 1.29 is 18.3 Å². The van der Waals surface area contributed by atoms with E-state index < -0.39 is 5.92 Å². The van der Waals surface area contributed by atoms with Crippen molar-refractivity contribution in [1.82, 2.24) is 15.1 Å². The summed E-state index contributed by atoms with van der Waals surface area (Å²) in [5.74, 6) is -2.64. The van der Waals surface area contributed by atoms with Gasteiger partial charge in [0.1, 0.15) is 0 Å². The van der Waals surface area contributed by atoms with E-state index in [0.717, 1.165) is 25.1 Å². The molecule has 0 spiro atoms. The third-order valence-electron chi connectivity index (χ3n) is 6.48. The van der Waals surface area contributed by atoms with E-state index in [-0.39, 0.29) is 37.0 Å². The Balaban J connectivity index is 1.52. The SMILES string of the molecule is O=C1CC(N2CCOCC2)CC(N2CCCC(F)(F)C[C@@H]2Cc2ccccc2)N1. The maximum Gasteiger partial charge on any atom is 0.249 e. The third-order valence-corrected chi connectivity index (χ3v) is 6.48. The van der Waals surface area contributed by atoms with E-state index in [0.29, 0.717) is 39.0 Å². The van der Waals surface area contributed by atoms with Crippen molar-refractivity contribution in [2.75, 3.05) is 32.8 Å². The average molecular weight is 408 g/mol. The molecular formula is C22H31F2N3O2. The van der Waals surface area contributed by atoms with E-state index in [2.05, 4.69) is 15.1 Å². The van der Waals surface area contributed by atoms with E-state index in [4.69, 9.17) is 4.74 Å². The molecule has 3 aliphatic rings. The molecule has 3 heterocycles. The first-order valence-corrected chi connectivity index (χ1v) is 10.8. The molecule has 3 saturated heterocycles. The first kappa shape index (κ1) is 20.7. The number of hydrogen-bond acceptors (Lipinski definition) is 4. The van der Waals surface area contributed by atoms with E-state index in [9.17, 15) is 13.6 Å². The Kier molecular flexibility index (Phi) is 6.47. The van der Waals surface area contributed by atoms with Crippen molar-refractivity contribution >= 4 is 5.91 Å². The van der Waals surface area contributed by atoms with Crippen molar-refractivity contribution in [2.24, 2.45) is 0 Å². The van der Waals surface area contributed by atoms with Gasteiger partial charge in [-0.25, -0.2) is 8.78 Å². The number of hydrogen-bond donors (Lipinski definition) is 1. The number of amides is 1. The van der Waals surface area contributed by atoms with Crippen LogP contribution in [-0.4, -0.2) is 72.7 Å². The van der Waals surface area contributed by atoms with Crippen LogP contribution < -0.4 is 5.32 Å². The summed E-state index contributed by atoms with van der Waals surface area (Å²) in [4.78, 5) is 17.0. The molecule has 3 fully saturated rings. The highest BCUT2D eigenvalue weighted by Gasteiger charge is 2.42. The van der Waals surface area contributed by atoms with Crippen LogP contribution in [0.15, 0.2) is 30.3 Å². The highest BCUT2D eigenvalue weighted by atomic mass is 19.3. The summed E-state index contributed by atoms with van der Waals surface area (Å²) in [6.07, 6.45) is 1.86. The molecule has 0 aliphatic carbocycles. The van der Waals surface area contributed by atoms with Crippen molar-refractivity contribution in [3.63, 3.8) is 0 Å². The van der Waals surface area contributed by atoms with Crippen molar-refractivity contribution in [3.05, 3.63) is 35.9 Å². The molecule has 0 aromatic heterocycles. The monoisotopic (exact) mass is 407 g/mol. The maximum atomic E-state index is 14.5. The van der Waals surface area contributed by atoms with Gasteiger partial charge >= 0.3 is 0 Å². The molecule has 1 amide bonds. The number of benzene rings is 1. The summed E-state index contributed by atoms with van der Waals surface area (Å²) in [6, 6.07) is 9.70. The second-order valence-corrected chi connectivity index (χ2v) is 8.57. The van der Waals surface area contributed by atoms with Crippen LogP contribution in [-0.2, 0) is 16.0 Å². The van der Waals surface area contributed by atoms with Crippen LogP contribution >= 0.6 is 0 Å². The van der Waals surface area contributed by atoms with Crippen molar-refractivity contribution in [1.29, 1.82) is 0 Å². The molecule has 2 unspecified atom stereocenters. The maximum absolute atomic E-state index is 14.5. The third kappa shape index (κ3) is 5.32. The molecule has 3 atom stereocenters. The molecule has 1 N–H and O–H groups in total. The van der Waals surface area contributed by atoms with Gasteiger partial charge in [-0.1, -0.05) is 30.3 Å². The zero-order chi connectivity index (χ0) is 20.3. The van der Waals surface area contributed by atoms with E-state index >= 15 is 0 Å². The lowest BCUT2D eigenvalue weighted by Gasteiger charge is -2.45. The molecule has 7 heteroatoms. The fraction of sp³-hybridized carbons (Fsp3) is 0.682. The summed E-state index contributed by atoms with van der Waals surface area (Å²) in [6.45, 7) is 3.63. The largest absolute Gasteiger partial charge is 0.379 e.